The van der Waals surface area contributed by atoms with E-state index in [4.69, 9.17) is 4.74 Å². The summed E-state index contributed by atoms with van der Waals surface area (Å²) in [6.07, 6.45) is -1.90. The topological polar surface area (TPSA) is 63.2 Å². The third-order valence-corrected chi connectivity index (χ3v) is 5.80. The van der Waals surface area contributed by atoms with E-state index < -0.39 is 17.7 Å². The number of anilines is 1. The molecule has 33 heavy (non-hydrogen) atoms. The number of hydrogen-bond acceptors (Lipinski definition) is 4. The summed E-state index contributed by atoms with van der Waals surface area (Å²) in [5, 5.41) is 6.43. The maximum atomic E-state index is 14.2. The van der Waals surface area contributed by atoms with Gasteiger partial charge in [-0.25, -0.2) is 9.37 Å². The molecule has 0 aliphatic heterocycles. The van der Waals surface area contributed by atoms with Crippen LogP contribution in [0.5, 0.6) is 5.75 Å². The molecule has 1 aliphatic carbocycles. The number of aromatic nitrogens is 1. The molecule has 2 N–H and O–H groups in total. The van der Waals surface area contributed by atoms with Crippen molar-refractivity contribution in [3.8, 4) is 5.75 Å². The summed E-state index contributed by atoms with van der Waals surface area (Å²) in [5.41, 5.74) is -0.798. The van der Waals surface area contributed by atoms with Crippen LogP contribution in [-0.4, -0.2) is 30.1 Å². The highest BCUT2D eigenvalue weighted by atomic mass is 19.4. The number of carbonyl (C=O) groups is 1. The van der Waals surface area contributed by atoms with Crippen LogP contribution in [0.2, 0.25) is 0 Å². The van der Waals surface area contributed by atoms with Crippen molar-refractivity contribution >= 4 is 22.5 Å². The fourth-order valence-corrected chi connectivity index (χ4v) is 4.16. The second-order valence-corrected chi connectivity index (χ2v) is 8.10. The zero-order chi connectivity index (χ0) is 23.6. The standard InChI is InChI=1S/C24H23F4N3O2/c1-33-17-10-8-14(9-11-17)23(32)30-16-5-2-4-15(12-16)29-20-13-21(24(26,27)28)31-22-18(20)6-3-7-19(22)25/h3,6-11,13,15-16H,2,4-5,12H2,1H3,(H,29,31)(H,30,32)/t15-,16+/m0/s1. The summed E-state index contributed by atoms with van der Waals surface area (Å²) >= 11 is 0. The van der Waals surface area contributed by atoms with Gasteiger partial charge in [-0.2, -0.15) is 13.2 Å². The van der Waals surface area contributed by atoms with Crippen molar-refractivity contribution < 1.29 is 27.1 Å². The first kappa shape index (κ1) is 22.8. The van der Waals surface area contributed by atoms with Crippen LogP contribution in [0.3, 0.4) is 0 Å². The number of nitrogens with zero attached hydrogens (tertiary/aromatic N) is 1. The Balaban J connectivity index is 1.51. The van der Waals surface area contributed by atoms with Gasteiger partial charge in [0.2, 0.25) is 0 Å². The van der Waals surface area contributed by atoms with Gasteiger partial charge in [0, 0.05) is 28.7 Å². The summed E-state index contributed by atoms with van der Waals surface area (Å²) in [7, 11) is 1.54. The van der Waals surface area contributed by atoms with Crippen LogP contribution >= 0.6 is 0 Å². The summed E-state index contributed by atoms with van der Waals surface area (Å²) in [6, 6.07) is 11.4. The molecule has 0 radical (unpaired) electrons. The first-order valence-electron chi connectivity index (χ1n) is 10.6. The predicted octanol–water partition coefficient (Wildman–Crippen LogP) is 5.55. The second kappa shape index (κ2) is 9.25. The van der Waals surface area contributed by atoms with E-state index in [0.717, 1.165) is 31.4 Å². The number of alkyl halides is 3. The van der Waals surface area contributed by atoms with Crippen molar-refractivity contribution in [2.24, 2.45) is 0 Å². The molecule has 1 fully saturated rings. The average molecular weight is 461 g/mol. The molecule has 174 valence electrons. The second-order valence-electron chi connectivity index (χ2n) is 8.10. The molecule has 2 atom stereocenters. The smallest absolute Gasteiger partial charge is 0.433 e. The van der Waals surface area contributed by atoms with E-state index in [1.165, 1.54) is 6.07 Å². The van der Waals surface area contributed by atoms with Crippen molar-refractivity contribution in [2.75, 3.05) is 12.4 Å². The summed E-state index contributed by atoms with van der Waals surface area (Å²) in [5.74, 6) is -0.387. The van der Waals surface area contributed by atoms with Crippen molar-refractivity contribution in [3.63, 3.8) is 0 Å². The SMILES string of the molecule is COc1ccc(C(=O)N[C@@H]2CCC[C@H](Nc3cc(C(F)(F)F)nc4c(F)cccc34)C2)cc1. The van der Waals surface area contributed by atoms with Gasteiger partial charge < -0.3 is 15.4 Å². The molecule has 0 bridgehead atoms. The molecular formula is C24H23F4N3O2. The minimum absolute atomic E-state index is 0.141. The largest absolute Gasteiger partial charge is 0.497 e. The van der Waals surface area contributed by atoms with Gasteiger partial charge in [-0.1, -0.05) is 12.1 Å². The molecule has 1 aromatic heterocycles. The van der Waals surface area contributed by atoms with Crippen molar-refractivity contribution in [2.45, 2.75) is 43.9 Å². The minimum atomic E-state index is -4.70. The van der Waals surface area contributed by atoms with Gasteiger partial charge >= 0.3 is 6.18 Å². The molecule has 5 nitrogen and oxygen atoms in total. The normalized spacial score (nSPS) is 18.7. The molecule has 1 saturated carbocycles. The number of hydrogen-bond donors (Lipinski definition) is 2. The Bertz CT molecular complexity index is 1150. The molecule has 4 rings (SSSR count). The lowest BCUT2D eigenvalue weighted by Gasteiger charge is -2.31. The maximum Gasteiger partial charge on any atom is 0.433 e. The monoisotopic (exact) mass is 461 g/mol. The minimum Gasteiger partial charge on any atom is -0.497 e. The third kappa shape index (κ3) is 5.18. The molecule has 3 aromatic rings. The Morgan fingerprint density at radius 3 is 2.52 bits per heavy atom. The number of para-hydroxylation sites is 1. The maximum absolute atomic E-state index is 14.2. The number of benzene rings is 2. The lowest BCUT2D eigenvalue weighted by atomic mass is 9.90. The van der Waals surface area contributed by atoms with Crippen LogP contribution in [-0.2, 0) is 6.18 Å². The van der Waals surface area contributed by atoms with Crippen LogP contribution in [0.4, 0.5) is 23.2 Å². The van der Waals surface area contributed by atoms with Crippen LogP contribution in [0.25, 0.3) is 10.9 Å². The molecule has 1 amide bonds. The van der Waals surface area contributed by atoms with Gasteiger partial charge in [0.15, 0.2) is 0 Å². The Hall–Kier alpha value is -3.36. The van der Waals surface area contributed by atoms with E-state index in [1.54, 1.807) is 37.4 Å². The van der Waals surface area contributed by atoms with E-state index in [0.29, 0.717) is 17.7 Å². The molecule has 1 heterocycles. The van der Waals surface area contributed by atoms with Gasteiger partial charge in [0.05, 0.1) is 7.11 Å². The Morgan fingerprint density at radius 2 is 1.82 bits per heavy atom. The number of methoxy groups -OCH3 is 1. The van der Waals surface area contributed by atoms with Crippen molar-refractivity contribution in [1.29, 1.82) is 0 Å². The number of ether oxygens (including phenoxy) is 1. The van der Waals surface area contributed by atoms with Gasteiger partial charge in [-0.3, -0.25) is 4.79 Å². The first-order valence-corrected chi connectivity index (χ1v) is 10.6. The van der Waals surface area contributed by atoms with Gasteiger partial charge in [0.1, 0.15) is 22.8 Å². The summed E-state index contributed by atoms with van der Waals surface area (Å²) in [6.45, 7) is 0. The number of nitrogens with one attached hydrogen (secondary N) is 2. The highest BCUT2D eigenvalue weighted by molar-refractivity contribution is 5.94. The zero-order valence-corrected chi connectivity index (χ0v) is 17.9. The van der Waals surface area contributed by atoms with E-state index in [-0.39, 0.29) is 34.6 Å². The molecular weight excluding hydrogens is 438 g/mol. The van der Waals surface area contributed by atoms with Crippen molar-refractivity contribution in [3.05, 3.63) is 65.6 Å². The Labute approximate surface area is 188 Å². The summed E-state index contributed by atoms with van der Waals surface area (Å²) in [4.78, 5) is 16.1. The highest BCUT2D eigenvalue weighted by Gasteiger charge is 2.34. The quantitative estimate of drug-likeness (QED) is 0.489. The van der Waals surface area contributed by atoms with E-state index in [2.05, 4.69) is 15.6 Å². The van der Waals surface area contributed by atoms with Crippen LogP contribution in [0, 0.1) is 5.82 Å². The third-order valence-electron chi connectivity index (χ3n) is 5.80. The molecule has 2 aromatic carbocycles. The number of halogens is 4. The van der Waals surface area contributed by atoms with Crippen molar-refractivity contribution in [1.82, 2.24) is 10.3 Å². The highest BCUT2D eigenvalue weighted by Crippen LogP contribution is 2.35. The fraction of sp³-hybridized carbons (Fsp3) is 0.333. The molecule has 0 spiro atoms. The zero-order valence-electron chi connectivity index (χ0n) is 17.9. The summed E-state index contributed by atoms with van der Waals surface area (Å²) < 4.78 is 59.4. The van der Waals surface area contributed by atoms with Gasteiger partial charge in [-0.05, 0) is 62.1 Å². The van der Waals surface area contributed by atoms with Crippen LogP contribution in [0.15, 0.2) is 48.5 Å². The number of rotatable bonds is 5. The number of pyridine rings is 1. The van der Waals surface area contributed by atoms with Gasteiger partial charge in [0.25, 0.3) is 5.91 Å². The van der Waals surface area contributed by atoms with E-state index >= 15 is 0 Å². The van der Waals surface area contributed by atoms with Crippen LogP contribution < -0.4 is 15.4 Å². The molecule has 0 unspecified atom stereocenters. The average Bonchev–Trinajstić information content (AvgIpc) is 2.79. The van der Waals surface area contributed by atoms with E-state index in [1.807, 2.05) is 0 Å². The molecule has 9 heteroatoms. The lowest BCUT2D eigenvalue weighted by Crippen LogP contribution is -2.41. The Kier molecular flexibility index (Phi) is 6.40. The molecule has 0 saturated heterocycles. The Morgan fingerprint density at radius 1 is 1.09 bits per heavy atom. The number of fused-ring (bicyclic) bond motifs is 1. The lowest BCUT2D eigenvalue weighted by molar-refractivity contribution is -0.140. The van der Waals surface area contributed by atoms with Gasteiger partial charge in [-0.15, -0.1) is 0 Å². The number of amides is 1. The number of carbonyl (C=O) groups excluding carboxylic acids is 1. The predicted molar refractivity (Wildman–Crippen MR) is 117 cm³/mol. The van der Waals surface area contributed by atoms with E-state index in [9.17, 15) is 22.4 Å². The molecule has 1 aliphatic rings. The first-order chi connectivity index (χ1) is 15.7. The fourth-order valence-electron chi connectivity index (χ4n) is 4.16. The van der Waals surface area contributed by atoms with Crippen LogP contribution in [0.1, 0.15) is 41.7 Å².